The largest absolute Gasteiger partial charge is 0.393 e. The summed E-state index contributed by atoms with van der Waals surface area (Å²) in [7, 11) is 0. The van der Waals surface area contributed by atoms with Crippen LogP contribution in [0.25, 0.3) is 0 Å². The zero-order valence-electron chi connectivity index (χ0n) is 11.7. The molecule has 0 saturated heterocycles. The molecule has 0 fully saturated rings. The summed E-state index contributed by atoms with van der Waals surface area (Å²) in [5.74, 6) is 0. The fraction of sp³-hybridized carbons (Fsp3) is 0.571. The number of nitrogens with one attached hydrogen (secondary N) is 1. The van der Waals surface area contributed by atoms with Gasteiger partial charge in [0.2, 0.25) is 0 Å². The summed E-state index contributed by atoms with van der Waals surface area (Å²) in [6.45, 7) is 7.29. The Morgan fingerprint density at radius 3 is 2.74 bits per heavy atom. The summed E-state index contributed by atoms with van der Waals surface area (Å²) in [5, 5.41) is 23.3. The third-order valence-corrected chi connectivity index (χ3v) is 2.90. The van der Waals surface area contributed by atoms with Gasteiger partial charge in [0.1, 0.15) is 0 Å². The highest BCUT2D eigenvalue weighted by atomic mass is 16.6. The maximum atomic E-state index is 10.7. The molecular formula is C14H22N2O3. The molecule has 2 N–H and O–H groups in total. The van der Waals surface area contributed by atoms with Gasteiger partial charge in [0.25, 0.3) is 5.69 Å². The number of rotatable bonds is 7. The number of non-ortho nitro benzene ring substituents is 1. The number of nitrogens with zero attached hydrogens (tertiary/aromatic N) is 1. The fourth-order valence-electron chi connectivity index (χ4n) is 2.20. The predicted octanol–water partition coefficient (Wildman–Crippen LogP) is 2.48. The Labute approximate surface area is 113 Å². The van der Waals surface area contributed by atoms with E-state index in [4.69, 9.17) is 0 Å². The van der Waals surface area contributed by atoms with E-state index >= 15 is 0 Å². The van der Waals surface area contributed by atoms with Gasteiger partial charge in [-0.05, 0) is 24.3 Å². The molecule has 0 radical (unpaired) electrons. The molecule has 5 nitrogen and oxygen atoms in total. The third-order valence-electron chi connectivity index (χ3n) is 2.90. The number of nitro benzene ring substituents is 1. The number of benzene rings is 1. The molecule has 5 heteroatoms. The lowest BCUT2D eigenvalue weighted by atomic mass is 9.87. The molecular weight excluding hydrogens is 244 g/mol. The summed E-state index contributed by atoms with van der Waals surface area (Å²) < 4.78 is 0. The molecule has 106 valence electrons. The summed E-state index contributed by atoms with van der Waals surface area (Å²) in [5.41, 5.74) is 0.999. The SMILES string of the molecule is CC(O)CC(C)(C)CNCc1cccc([N+](=O)[O-])c1. The minimum absolute atomic E-state index is 0.00508. The second kappa shape index (κ2) is 6.63. The fourth-order valence-corrected chi connectivity index (χ4v) is 2.20. The minimum atomic E-state index is -0.388. The number of aliphatic hydroxyl groups excluding tert-OH is 1. The predicted molar refractivity (Wildman–Crippen MR) is 74.9 cm³/mol. The molecule has 0 aliphatic heterocycles. The molecule has 0 bridgehead atoms. The first kappa shape index (κ1) is 15.6. The van der Waals surface area contributed by atoms with Crippen molar-refractivity contribution < 1.29 is 10.0 Å². The average molecular weight is 266 g/mol. The molecule has 1 unspecified atom stereocenters. The Morgan fingerprint density at radius 1 is 1.47 bits per heavy atom. The summed E-state index contributed by atoms with van der Waals surface area (Å²) >= 11 is 0. The number of hydrogen-bond donors (Lipinski definition) is 2. The maximum Gasteiger partial charge on any atom is 0.269 e. The molecule has 1 aromatic carbocycles. The van der Waals surface area contributed by atoms with E-state index in [0.717, 1.165) is 18.5 Å². The maximum absolute atomic E-state index is 10.7. The van der Waals surface area contributed by atoms with Crippen molar-refractivity contribution in [2.24, 2.45) is 5.41 Å². The van der Waals surface area contributed by atoms with E-state index in [1.165, 1.54) is 6.07 Å². The second-order valence-electron chi connectivity index (χ2n) is 5.75. The van der Waals surface area contributed by atoms with Gasteiger partial charge >= 0.3 is 0 Å². The normalized spacial score (nSPS) is 13.3. The van der Waals surface area contributed by atoms with Crippen molar-refractivity contribution in [2.45, 2.75) is 39.8 Å². The minimum Gasteiger partial charge on any atom is -0.393 e. The van der Waals surface area contributed by atoms with E-state index < -0.39 is 0 Å². The molecule has 0 amide bonds. The van der Waals surface area contributed by atoms with Crippen LogP contribution in [0, 0.1) is 15.5 Å². The topological polar surface area (TPSA) is 75.4 Å². The van der Waals surface area contributed by atoms with Crippen molar-refractivity contribution in [2.75, 3.05) is 6.54 Å². The highest BCUT2D eigenvalue weighted by Gasteiger charge is 2.19. The smallest absolute Gasteiger partial charge is 0.269 e. The molecule has 1 rings (SSSR count). The van der Waals surface area contributed by atoms with E-state index in [0.29, 0.717) is 6.54 Å². The highest BCUT2D eigenvalue weighted by molar-refractivity contribution is 5.34. The Balaban J connectivity index is 2.49. The first-order valence-electron chi connectivity index (χ1n) is 6.42. The van der Waals surface area contributed by atoms with Gasteiger partial charge in [-0.1, -0.05) is 26.0 Å². The molecule has 0 heterocycles. The van der Waals surface area contributed by atoms with Gasteiger partial charge in [0.15, 0.2) is 0 Å². The van der Waals surface area contributed by atoms with Gasteiger partial charge in [0.05, 0.1) is 11.0 Å². The summed E-state index contributed by atoms with van der Waals surface area (Å²) in [6, 6.07) is 6.62. The Hall–Kier alpha value is -1.46. The molecule has 0 aliphatic carbocycles. The second-order valence-corrected chi connectivity index (χ2v) is 5.75. The van der Waals surface area contributed by atoms with E-state index in [1.807, 2.05) is 6.07 Å². The molecule has 1 atom stereocenters. The molecule has 0 aromatic heterocycles. The summed E-state index contributed by atoms with van der Waals surface area (Å²) in [6.07, 6.45) is 0.393. The van der Waals surface area contributed by atoms with Crippen LogP contribution in [0.4, 0.5) is 5.69 Å². The zero-order valence-corrected chi connectivity index (χ0v) is 11.7. The van der Waals surface area contributed by atoms with Crippen molar-refractivity contribution in [1.82, 2.24) is 5.32 Å². The van der Waals surface area contributed by atoms with Crippen LogP contribution < -0.4 is 5.32 Å². The first-order chi connectivity index (χ1) is 8.80. The van der Waals surface area contributed by atoms with Crippen LogP contribution in [0.5, 0.6) is 0 Å². The Bertz CT molecular complexity index is 430. The lowest BCUT2D eigenvalue weighted by Gasteiger charge is -2.26. The van der Waals surface area contributed by atoms with Gasteiger partial charge in [-0.15, -0.1) is 0 Å². The van der Waals surface area contributed by atoms with Crippen molar-refractivity contribution in [3.8, 4) is 0 Å². The van der Waals surface area contributed by atoms with Crippen LogP contribution in [0.2, 0.25) is 0 Å². The average Bonchev–Trinajstić information content (AvgIpc) is 2.27. The lowest BCUT2D eigenvalue weighted by molar-refractivity contribution is -0.384. The monoisotopic (exact) mass is 266 g/mol. The summed E-state index contributed by atoms with van der Waals surface area (Å²) in [4.78, 5) is 10.3. The van der Waals surface area contributed by atoms with E-state index in [9.17, 15) is 15.2 Å². The van der Waals surface area contributed by atoms with Crippen molar-refractivity contribution in [3.05, 3.63) is 39.9 Å². The van der Waals surface area contributed by atoms with Gasteiger partial charge < -0.3 is 10.4 Å². The lowest BCUT2D eigenvalue weighted by Crippen LogP contribution is -2.31. The molecule has 0 spiro atoms. The van der Waals surface area contributed by atoms with Gasteiger partial charge in [-0.2, -0.15) is 0 Å². The number of hydrogen-bond acceptors (Lipinski definition) is 4. The molecule has 19 heavy (non-hydrogen) atoms. The van der Waals surface area contributed by atoms with Crippen LogP contribution in [0.15, 0.2) is 24.3 Å². The van der Waals surface area contributed by atoms with Crippen LogP contribution in [-0.4, -0.2) is 22.7 Å². The van der Waals surface area contributed by atoms with Crippen LogP contribution >= 0.6 is 0 Å². The van der Waals surface area contributed by atoms with Crippen molar-refractivity contribution in [3.63, 3.8) is 0 Å². The van der Waals surface area contributed by atoms with E-state index in [2.05, 4.69) is 19.2 Å². The van der Waals surface area contributed by atoms with Gasteiger partial charge in [-0.25, -0.2) is 0 Å². The van der Waals surface area contributed by atoms with Crippen LogP contribution in [0.1, 0.15) is 32.8 Å². The zero-order chi connectivity index (χ0) is 14.5. The standard InChI is InChI=1S/C14H22N2O3/c1-11(17)8-14(2,3)10-15-9-12-5-4-6-13(7-12)16(18)19/h4-7,11,15,17H,8-10H2,1-3H3. The van der Waals surface area contributed by atoms with E-state index in [1.54, 1.807) is 19.1 Å². The molecule has 0 aliphatic rings. The molecule has 0 saturated carbocycles. The molecule has 1 aromatic rings. The van der Waals surface area contributed by atoms with Crippen LogP contribution in [-0.2, 0) is 6.54 Å². The first-order valence-corrected chi connectivity index (χ1v) is 6.42. The Morgan fingerprint density at radius 2 is 2.16 bits per heavy atom. The highest BCUT2D eigenvalue weighted by Crippen LogP contribution is 2.21. The van der Waals surface area contributed by atoms with Crippen LogP contribution in [0.3, 0.4) is 0 Å². The quantitative estimate of drug-likeness (QED) is 0.587. The van der Waals surface area contributed by atoms with Crippen molar-refractivity contribution >= 4 is 5.69 Å². The van der Waals surface area contributed by atoms with Crippen molar-refractivity contribution in [1.29, 1.82) is 0 Å². The van der Waals surface area contributed by atoms with Gasteiger partial charge in [0, 0.05) is 25.2 Å². The van der Waals surface area contributed by atoms with E-state index in [-0.39, 0.29) is 22.1 Å². The number of aliphatic hydroxyl groups is 1. The third kappa shape index (κ3) is 5.81. The number of nitro groups is 1. The van der Waals surface area contributed by atoms with Gasteiger partial charge in [-0.3, -0.25) is 10.1 Å². The Kier molecular flexibility index (Phi) is 5.44.